The number of nitrogens with one attached hydrogen (secondary N) is 1. The maximum Gasteiger partial charge on any atom is 0.247 e. The van der Waals surface area contributed by atoms with Gasteiger partial charge in [0.05, 0.1) is 12.1 Å². The Bertz CT molecular complexity index is 488. The van der Waals surface area contributed by atoms with Crippen LogP contribution in [0.25, 0.3) is 11.5 Å². The Kier molecular flexibility index (Phi) is 3.74. The van der Waals surface area contributed by atoms with Gasteiger partial charge in [0.1, 0.15) is 0 Å². The largest absolute Gasteiger partial charge is 0.419 e. The molecule has 1 aromatic carbocycles. The summed E-state index contributed by atoms with van der Waals surface area (Å²) in [7, 11) is 0. The zero-order valence-corrected chi connectivity index (χ0v) is 10.8. The Balaban J connectivity index is 1.95. The molecule has 0 saturated carbocycles. The SMILES string of the molecule is CC(C)(C)ONCc1nnc(-c2ccccc2)o1. The van der Waals surface area contributed by atoms with Gasteiger partial charge in [-0.05, 0) is 32.9 Å². The number of rotatable bonds is 4. The first kappa shape index (κ1) is 12.7. The number of benzene rings is 1. The maximum absolute atomic E-state index is 5.52. The molecule has 2 rings (SSSR count). The molecule has 5 nitrogen and oxygen atoms in total. The van der Waals surface area contributed by atoms with Gasteiger partial charge in [-0.3, -0.25) is 4.84 Å². The predicted molar refractivity (Wildman–Crippen MR) is 67.4 cm³/mol. The monoisotopic (exact) mass is 247 g/mol. The highest BCUT2D eigenvalue weighted by Crippen LogP contribution is 2.16. The lowest BCUT2D eigenvalue weighted by molar-refractivity contribution is -0.0779. The third-order valence-corrected chi connectivity index (χ3v) is 2.09. The summed E-state index contributed by atoms with van der Waals surface area (Å²) in [6.07, 6.45) is 0. The van der Waals surface area contributed by atoms with Crippen molar-refractivity contribution in [3.05, 3.63) is 36.2 Å². The van der Waals surface area contributed by atoms with E-state index in [1.807, 2.05) is 51.1 Å². The van der Waals surface area contributed by atoms with Gasteiger partial charge in [0.2, 0.25) is 11.8 Å². The molecule has 2 aromatic rings. The number of hydroxylamine groups is 1. The minimum Gasteiger partial charge on any atom is -0.419 e. The summed E-state index contributed by atoms with van der Waals surface area (Å²) >= 11 is 0. The summed E-state index contributed by atoms with van der Waals surface area (Å²) in [5.41, 5.74) is 3.47. The fourth-order valence-corrected chi connectivity index (χ4v) is 1.34. The average molecular weight is 247 g/mol. The molecule has 0 radical (unpaired) electrons. The molecule has 18 heavy (non-hydrogen) atoms. The Morgan fingerprint density at radius 3 is 2.56 bits per heavy atom. The second-order valence-electron chi connectivity index (χ2n) is 4.90. The fourth-order valence-electron chi connectivity index (χ4n) is 1.34. The van der Waals surface area contributed by atoms with E-state index >= 15 is 0 Å². The van der Waals surface area contributed by atoms with E-state index in [1.165, 1.54) is 0 Å². The van der Waals surface area contributed by atoms with Crippen molar-refractivity contribution < 1.29 is 9.25 Å². The molecule has 0 atom stereocenters. The van der Waals surface area contributed by atoms with Gasteiger partial charge in [-0.25, -0.2) is 0 Å². The van der Waals surface area contributed by atoms with E-state index in [9.17, 15) is 0 Å². The summed E-state index contributed by atoms with van der Waals surface area (Å²) in [6.45, 7) is 6.27. The first-order chi connectivity index (χ1) is 8.54. The molecular weight excluding hydrogens is 230 g/mol. The summed E-state index contributed by atoms with van der Waals surface area (Å²) in [6, 6.07) is 9.66. The van der Waals surface area contributed by atoms with Crippen LogP contribution in [0, 0.1) is 0 Å². The Hall–Kier alpha value is -1.72. The first-order valence-corrected chi connectivity index (χ1v) is 5.83. The van der Waals surface area contributed by atoms with E-state index in [0.717, 1.165) is 5.56 Å². The molecule has 0 aliphatic carbocycles. The number of hydrogen-bond acceptors (Lipinski definition) is 5. The zero-order valence-electron chi connectivity index (χ0n) is 10.8. The van der Waals surface area contributed by atoms with Crippen LogP contribution in [0.15, 0.2) is 34.7 Å². The van der Waals surface area contributed by atoms with E-state index in [2.05, 4.69) is 15.7 Å². The van der Waals surface area contributed by atoms with E-state index < -0.39 is 0 Å². The van der Waals surface area contributed by atoms with Crippen LogP contribution >= 0.6 is 0 Å². The topological polar surface area (TPSA) is 60.2 Å². The van der Waals surface area contributed by atoms with Gasteiger partial charge in [0.25, 0.3) is 0 Å². The van der Waals surface area contributed by atoms with Crippen LogP contribution in [0.5, 0.6) is 0 Å². The third kappa shape index (κ3) is 3.65. The van der Waals surface area contributed by atoms with Crippen molar-refractivity contribution in [2.24, 2.45) is 0 Å². The van der Waals surface area contributed by atoms with Crippen LogP contribution in [-0.4, -0.2) is 15.8 Å². The molecule has 0 aliphatic rings. The maximum atomic E-state index is 5.52. The van der Waals surface area contributed by atoms with Crippen LogP contribution in [0.4, 0.5) is 0 Å². The fraction of sp³-hybridized carbons (Fsp3) is 0.385. The number of aromatic nitrogens is 2. The van der Waals surface area contributed by atoms with Crippen molar-refractivity contribution in [3.63, 3.8) is 0 Å². The quantitative estimate of drug-likeness (QED) is 0.841. The van der Waals surface area contributed by atoms with E-state index in [-0.39, 0.29) is 5.60 Å². The smallest absolute Gasteiger partial charge is 0.247 e. The van der Waals surface area contributed by atoms with Gasteiger partial charge in [0.15, 0.2) is 0 Å². The lowest BCUT2D eigenvalue weighted by Crippen LogP contribution is -2.28. The normalized spacial score (nSPS) is 11.7. The van der Waals surface area contributed by atoms with E-state index in [4.69, 9.17) is 9.25 Å². The van der Waals surface area contributed by atoms with E-state index in [1.54, 1.807) is 0 Å². The Morgan fingerprint density at radius 1 is 1.17 bits per heavy atom. The molecule has 0 aliphatic heterocycles. The predicted octanol–water partition coefficient (Wildman–Crippen LogP) is 2.56. The molecular formula is C13H17N3O2. The minimum absolute atomic E-state index is 0.248. The summed E-state index contributed by atoms with van der Waals surface area (Å²) in [5, 5.41) is 7.94. The van der Waals surface area contributed by atoms with Crippen LogP contribution in [-0.2, 0) is 11.4 Å². The standard InChI is InChI=1S/C13H17N3O2/c1-13(2,3)18-14-9-11-15-16-12(17-11)10-7-5-4-6-8-10/h4-8,14H,9H2,1-3H3. The second-order valence-corrected chi connectivity index (χ2v) is 4.90. The molecule has 1 heterocycles. The second kappa shape index (κ2) is 5.29. The average Bonchev–Trinajstić information content (AvgIpc) is 2.77. The molecule has 5 heteroatoms. The van der Waals surface area contributed by atoms with Crippen LogP contribution in [0.1, 0.15) is 26.7 Å². The van der Waals surface area contributed by atoms with Gasteiger partial charge in [-0.1, -0.05) is 18.2 Å². The van der Waals surface area contributed by atoms with Crippen LogP contribution in [0.2, 0.25) is 0 Å². The summed E-state index contributed by atoms with van der Waals surface area (Å²) in [4.78, 5) is 5.37. The summed E-state index contributed by atoms with van der Waals surface area (Å²) < 4.78 is 5.52. The van der Waals surface area contributed by atoms with Crippen molar-refractivity contribution >= 4 is 0 Å². The van der Waals surface area contributed by atoms with Gasteiger partial charge < -0.3 is 4.42 Å². The molecule has 0 unspecified atom stereocenters. The van der Waals surface area contributed by atoms with Crippen molar-refractivity contribution in [2.75, 3.05) is 0 Å². The van der Waals surface area contributed by atoms with Crippen molar-refractivity contribution in [3.8, 4) is 11.5 Å². The van der Waals surface area contributed by atoms with Crippen LogP contribution < -0.4 is 5.48 Å². The molecule has 0 spiro atoms. The molecule has 96 valence electrons. The summed E-state index contributed by atoms with van der Waals surface area (Å²) in [5.74, 6) is 1.02. The molecule has 0 amide bonds. The molecule has 0 saturated heterocycles. The number of hydrogen-bond donors (Lipinski definition) is 1. The van der Waals surface area contributed by atoms with Crippen LogP contribution in [0.3, 0.4) is 0 Å². The van der Waals surface area contributed by atoms with Gasteiger partial charge in [0, 0.05) is 5.56 Å². The lowest BCUT2D eigenvalue weighted by Gasteiger charge is -2.18. The first-order valence-electron chi connectivity index (χ1n) is 5.83. The molecule has 0 fully saturated rings. The lowest BCUT2D eigenvalue weighted by atomic mass is 10.2. The molecule has 1 N–H and O–H groups in total. The zero-order chi connectivity index (χ0) is 13.0. The Morgan fingerprint density at radius 2 is 1.89 bits per heavy atom. The van der Waals surface area contributed by atoms with Gasteiger partial charge >= 0.3 is 0 Å². The van der Waals surface area contributed by atoms with Crippen molar-refractivity contribution in [1.82, 2.24) is 15.7 Å². The molecule has 1 aromatic heterocycles. The van der Waals surface area contributed by atoms with Crippen molar-refractivity contribution in [2.45, 2.75) is 32.9 Å². The highest BCUT2D eigenvalue weighted by molar-refractivity contribution is 5.51. The van der Waals surface area contributed by atoms with E-state index in [0.29, 0.717) is 18.3 Å². The Labute approximate surface area is 106 Å². The van der Waals surface area contributed by atoms with Gasteiger partial charge in [-0.15, -0.1) is 10.2 Å². The van der Waals surface area contributed by atoms with Gasteiger partial charge in [-0.2, -0.15) is 5.48 Å². The number of nitrogens with zero attached hydrogens (tertiary/aromatic N) is 2. The minimum atomic E-state index is -0.248. The highest BCUT2D eigenvalue weighted by Gasteiger charge is 2.12. The van der Waals surface area contributed by atoms with Crippen molar-refractivity contribution in [1.29, 1.82) is 0 Å². The third-order valence-electron chi connectivity index (χ3n) is 2.09. The molecule has 0 bridgehead atoms. The highest BCUT2D eigenvalue weighted by atomic mass is 16.7.